The minimum Gasteiger partial charge on any atom is -0.256 e. The summed E-state index contributed by atoms with van der Waals surface area (Å²) in [6, 6.07) is 52.0. The van der Waals surface area contributed by atoms with Crippen LogP contribution in [0.4, 0.5) is 0 Å². The Kier molecular flexibility index (Phi) is 5.64. The average molecular weight is 603 g/mol. The highest BCUT2D eigenvalue weighted by molar-refractivity contribution is 6.21. The van der Waals surface area contributed by atoms with Crippen LogP contribution in [0.1, 0.15) is 9.81 Å². The number of fused-ring (bicyclic) bond motifs is 5. The van der Waals surface area contributed by atoms with E-state index in [1.54, 1.807) is 6.07 Å². The van der Waals surface area contributed by atoms with Crippen molar-refractivity contribution in [3.63, 3.8) is 0 Å². The SMILES string of the molecule is [2H]C([2H])([2H])c1ccc2ccc3ccc(-c4ccc(-c5c6ccccc6c(-c6ccc(-c7ccccn7)cc6)c6ccccc56)cc4)nc3c2n1. The summed E-state index contributed by atoms with van der Waals surface area (Å²) in [6.07, 6.45) is 1.83. The molecule has 0 radical (unpaired) electrons. The van der Waals surface area contributed by atoms with Crippen LogP contribution in [0.15, 0.2) is 158 Å². The van der Waals surface area contributed by atoms with E-state index in [2.05, 4.69) is 107 Å². The molecular formula is C44H29N3. The number of nitrogens with zero attached hydrogens (tertiary/aromatic N) is 3. The van der Waals surface area contributed by atoms with Gasteiger partial charge in [-0.25, -0.2) is 4.98 Å². The molecule has 0 unspecified atom stereocenters. The molecule has 6 aromatic carbocycles. The number of hydrogen-bond donors (Lipinski definition) is 0. The maximum atomic E-state index is 7.87. The van der Waals surface area contributed by atoms with Crippen molar-refractivity contribution >= 4 is 43.4 Å². The first kappa shape index (κ1) is 24.1. The van der Waals surface area contributed by atoms with E-state index in [-0.39, 0.29) is 5.69 Å². The zero-order valence-electron chi connectivity index (χ0n) is 28.4. The lowest BCUT2D eigenvalue weighted by atomic mass is 9.85. The smallest absolute Gasteiger partial charge is 0.0972 e. The second kappa shape index (κ2) is 11.0. The van der Waals surface area contributed by atoms with Gasteiger partial charge in [0, 0.05) is 37.9 Å². The molecule has 0 N–H and O–H groups in total. The third-order valence-electron chi connectivity index (χ3n) is 9.05. The van der Waals surface area contributed by atoms with Crippen molar-refractivity contribution in [3.8, 4) is 44.8 Å². The van der Waals surface area contributed by atoms with Crippen LogP contribution < -0.4 is 0 Å². The van der Waals surface area contributed by atoms with Gasteiger partial charge in [0.25, 0.3) is 0 Å². The third kappa shape index (κ3) is 4.63. The standard InChI is InChI=1S/C44H29N3/c1-28-13-14-33-23-24-34-25-26-40(47-44(34)43(33)46-28)30-17-21-32(22-18-30)42-37-10-4-2-8-35(37)41(36-9-3-5-11-38(36)42)31-19-15-29(16-20-31)39-12-6-7-27-45-39/h2-27H,1H3/i1D3. The normalized spacial score (nSPS) is 12.7. The molecule has 0 fully saturated rings. The van der Waals surface area contributed by atoms with Gasteiger partial charge >= 0.3 is 0 Å². The Hall–Kier alpha value is -6.19. The summed E-state index contributed by atoms with van der Waals surface area (Å²) in [5.41, 5.74) is 9.86. The molecule has 0 saturated heterocycles. The summed E-state index contributed by atoms with van der Waals surface area (Å²) in [7, 11) is 0. The fourth-order valence-electron chi connectivity index (χ4n) is 6.83. The van der Waals surface area contributed by atoms with Gasteiger partial charge in [-0.15, -0.1) is 0 Å². The van der Waals surface area contributed by atoms with Crippen LogP contribution in [0.3, 0.4) is 0 Å². The van der Waals surface area contributed by atoms with E-state index in [0.717, 1.165) is 44.4 Å². The maximum absolute atomic E-state index is 7.87. The summed E-state index contributed by atoms with van der Waals surface area (Å²) in [5.74, 6) is 0. The molecule has 0 atom stereocenters. The maximum Gasteiger partial charge on any atom is 0.0972 e. The van der Waals surface area contributed by atoms with Gasteiger partial charge in [-0.2, -0.15) is 0 Å². The Bertz CT molecular complexity index is 2660. The average Bonchev–Trinajstić information content (AvgIpc) is 3.16. The second-order valence-corrected chi connectivity index (χ2v) is 11.8. The van der Waals surface area contributed by atoms with Crippen molar-refractivity contribution in [2.24, 2.45) is 0 Å². The predicted octanol–water partition coefficient (Wildman–Crippen LogP) is 11.5. The Labute approximate surface area is 277 Å². The van der Waals surface area contributed by atoms with Crippen LogP contribution in [0.25, 0.3) is 88.1 Å². The molecule has 3 heteroatoms. The molecule has 9 rings (SSSR count). The minimum absolute atomic E-state index is 0.0704. The van der Waals surface area contributed by atoms with Crippen LogP contribution in [0.2, 0.25) is 0 Å². The first-order chi connectivity index (χ1) is 24.4. The van der Waals surface area contributed by atoms with E-state index in [4.69, 9.17) is 9.10 Å². The highest BCUT2D eigenvalue weighted by Crippen LogP contribution is 2.44. The summed E-state index contributed by atoms with van der Waals surface area (Å²) in [4.78, 5) is 14.1. The van der Waals surface area contributed by atoms with Crippen molar-refractivity contribution in [2.75, 3.05) is 0 Å². The summed E-state index contributed by atoms with van der Waals surface area (Å²) < 4.78 is 23.6. The molecule has 0 aliphatic heterocycles. The number of rotatable bonds is 4. The highest BCUT2D eigenvalue weighted by atomic mass is 14.8. The van der Waals surface area contributed by atoms with Crippen molar-refractivity contribution in [1.82, 2.24) is 15.0 Å². The Balaban J connectivity index is 1.16. The third-order valence-corrected chi connectivity index (χ3v) is 9.05. The molecule has 0 saturated carbocycles. The topological polar surface area (TPSA) is 38.7 Å². The van der Waals surface area contributed by atoms with Gasteiger partial charge in [-0.1, -0.05) is 127 Å². The van der Waals surface area contributed by atoms with Gasteiger partial charge < -0.3 is 0 Å². The number of aromatic nitrogens is 3. The molecule has 0 spiro atoms. The van der Waals surface area contributed by atoms with Crippen molar-refractivity contribution < 1.29 is 4.11 Å². The van der Waals surface area contributed by atoms with Crippen molar-refractivity contribution in [1.29, 1.82) is 0 Å². The monoisotopic (exact) mass is 602 g/mol. The largest absolute Gasteiger partial charge is 0.256 e. The molecule has 3 aromatic heterocycles. The van der Waals surface area contributed by atoms with Gasteiger partial charge in [0.2, 0.25) is 0 Å². The molecule has 0 amide bonds. The molecule has 220 valence electrons. The first-order valence-electron chi connectivity index (χ1n) is 17.2. The molecule has 47 heavy (non-hydrogen) atoms. The molecular weight excluding hydrogens is 571 g/mol. The van der Waals surface area contributed by atoms with Crippen LogP contribution in [-0.2, 0) is 0 Å². The van der Waals surface area contributed by atoms with E-state index in [0.29, 0.717) is 11.0 Å². The van der Waals surface area contributed by atoms with Gasteiger partial charge in [0.15, 0.2) is 0 Å². The molecule has 0 bridgehead atoms. The summed E-state index contributed by atoms with van der Waals surface area (Å²) in [5, 5.41) is 6.54. The molecule has 3 nitrogen and oxygen atoms in total. The van der Waals surface area contributed by atoms with E-state index in [1.807, 2.05) is 54.7 Å². The van der Waals surface area contributed by atoms with Gasteiger partial charge in [-0.05, 0) is 74.9 Å². The van der Waals surface area contributed by atoms with Crippen LogP contribution >= 0.6 is 0 Å². The summed E-state index contributed by atoms with van der Waals surface area (Å²) in [6.45, 7) is -2.29. The lowest BCUT2D eigenvalue weighted by molar-refractivity contribution is 1.25. The van der Waals surface area contributed by atoms with E-state index >= 15 is 0 Å². The second-order valence-electron chi connectivity index (χ2n) is 11.8. The first-order valence-corrected chi connectivity index (χ1v) is 15.7. The lowest BCUT2D eigenvalue weighted by Gasteiger charge is -2.18. The van der Waals surface area contributed by atoms with Crippen molar-refractivity contribution in [2.45, 2.75) is 6.85 Å². The Morgan fingerprint density at radius 2 is 0.872 bits per heavy atom. The van der Waals surface area contributed by atoms with E-state index in [1.165, 1.54) is 32.7 Å². The fourth-order valence-corrected chi connectivity index (χ4v) is 6.83. The molecule has 0 aliphatic rings. The van der Waals surface area contributed by atoms with E-state index < -0.39 is 6.85 Å². The summed E-state index contributed by atoms with van der Waals surface area (Å²) >= 11 is 0. The number of benzene rings is 6. The van der Waals surface area contributed by atoms with Crippen LogP contribution in [-0.4, -0.2) is 15.0 Å². The van der Waals surface area contributed by atoms with Crippen LogP contribution in [0, 0.1) is 6.85 Å². The Morgan fingerprint density at radius 3 is 1.40 bits per heavy atom. The number of hydrogen-bond acceptors (Lipinski definition) is 3. The minimum atomic E-state index is -2.29. The van der Waals surface area contributed by atoms with Crippen molar-refractivity contribution in [3.05, 3.63) is 164 Å². The highest BCUT2D eigenvalue weighted by Gasteiger charge is 2.17. The lowest BCUT2D eigenvalue weighted by Crippen LogP contribution is -1.92. The predicted molar refractivity (Wildman–Crippen MR) is 196 cm³/mol. The zero-order valence-corrected chi connectivity index (χ0v) is 25.4. The quantitative estimate of drug-likeness (QED) is 0.149. The molecule has 0 aliphatic carbocycles. The van der Waals surface area contributed by atoms with Gasteiger partial charge in [-0.3, -0.25) is 9.97 Å². The molecule has 3 heterocycles. The Morgan fingerprint density at radius 1 is 0.404 bits per heavy atom. The fraction of sp³-hybridized carbons (Fsp3) is 0.0227. The number of pyridine rings is 3. The molecule has 9 aromatic rings. The van der Waals surface area contributed by atoms with Gasteiger partial charge in [0.1, 0.15) is 0 Å². The number of aryl methyl sites for hydroxylation is 1. The zero-order chi connectivity index (χ0) is 33.8. The van der Waals surface area contributed by atoms with Gasteiger partial charge in [0.05, 0.1) is 22.4 Å². The van der Waals surface area contributed by atoms with E-state index in [9.17, 15) is 0 Å². The van der Waals surface area contributed by atoms with Crippen LogP contribution in [0.5, 0.6) is 0 Å².